The average Bonchev–Trinajstić information content (AvgIpc) is 3.12. The number of fused-ring (bicyclic) bond motifs is 1. The summed E-state index contributed by atoms with van der Waals surface area (Å²) < 4.78 is 11.0. The van der Waals surface area contributed by atoms with Crippen LogP contribution >= 0.6 is 11.3 Å². The Morgan fingerprint density at radius 1 is 1.07 bits per heavy atom. The van der Waals surface area contributed by atoms with Gasteiger partial charge < -0.3 is 14.8 Å². The highest BCUT2D eigenvalue weighted by Gasteiger charge is 2.20. The molecule has 0 saturated heterocycles. The standard InChI is InChI=1S/C23H21N3O3S/c1-3-28-23(27)20-15(2)19-21(24-14-25-22(19)30-20)26-17-9-11-18(12-10-17)29-13-16-7-5-4-6-8-16/h4-12,14H,3,13H2,1-2H3,(H,24,25,26). The van der Waals surface area contributed by atoms with Crippen molar-refractivity contribution in [2.75, 3.05) is 11.9 Å². The van der Waals surface area contributed by atoms with Gasteiger partial charge in [0, 0.05) is 5.69 Å². The highest BCUT2D eigenvalue weighted by atomic mass is 32.1. The van der Waals surface area contributed by atoms with Crippen LogP contribution < -0.4 is 10.1 Å². The number of hydrogen-bond donors (Lipinski definition) is 1. The number of carbonyl (C=O) groups is 1. The molecule has 2 heterocycles. The number of nitrogens with one attached hydrogen (secondary N) is 1. The zero-order chi connectivity index (χ0) is 20.9. The van der Waals surface area contributed by atoms with Crippen LogP contribution in [0.5, 0.6) is 5.75 Å². The number of anilines is 2. The second-order valence-corrected chi connectivity index (χ2v) is 7.60. The highest BCUT2D eigenvalue weighted by Crippen LogP contribution is 2.35. The maximum absolute atomic E-state index is 12.2. The van der Waals surface area contributed by atoms with Crippen LogP contribution in [0.4, 0.5) is 11.5 Å². The molecule has 0 saturated carbocycles. The van der Waals surface area contributed by atoms with Crippen molar-refractivity contribution in [2.24, 2.45) is 0 Å². The smallest absolute Gasteiger partial charge is 0.348 e. The van der Waals surface area contributed by atoms with E-state index in [1.165, 1.54) is 17.7 Å². The van der Waals surface area contributed by atoms with Gasteiger partial charge in [0.05, 0.1) is 12.0 Å². The van der Waals surface area contributed by atoms with E-state index in [2.05, 4.69) is 15.3 Å². The third-order valence-corrected chi connectivity index (χ3v) is 5.73. The van der Waals surface area contributed by atoms with Gasteiger partial charge in [-0.15, -0.1) is 11.3 Å². The molecular formula is C23H21N3O3S. The maximum atomic E-state index is 12.2. The monoisotopic (exact) mass is 419 g/mol. The molecule has 2 aromatic carbocycles. The average molecular weight is 420 g/mol. The summed E-state index contributed by atoms with van der Waals surface area (Å²) in [6, 6.07) is 17.7. The normalized spacial score (nSPS) is 10.7. The third kappa shape index (κ3) is 4.26. The molecule has 0 bridgehead atoms. The Morgan fingerprint density at radius 2 is 1.83 bits per heavy atom. The number of ether oxygens (including phenoxy) is 2. The van der Waals surface area contributed by atoms with Gasteiger partial charge in [0.25, 0.3) is 0 Å². The number of aromatic nitrogens is 2. The molecule has 6 nitrogen and oxygen atoms in total. The summed E-state index contributed by atoms with van der Waals surface area (Å²) in [5, 5.41) is 4.15. The number of benzene rings is 2. The van der Waals surface area contributed by atoms with E-state index in [1.807, 2.05) is 61.5 Å². The second kappa shape index (κ2) is 8.92. The lowest BCUT2D eigenvalue weighted by Gasteiger charge is -2.10. The second-order valence-electron chi connectivity index (χ2n) is 6.60. The Labute approximate surface area is 178 Å². The number of esters is 1. The Kier molecular flexibility index (Phi) is 5.90. The number of hydrogen-bond acceptors (Lipinski definition) is 7. The summed E-state index contributed by atoms with van der Waals surface area (Å²) in [6.45, 7) is 4.54. The van der Waals surface area contributed by atoms with Crippen LogP contribution in [0.3, 0.4) is 0 Å². The Bertz CT molecular complexity index is 1160. The predicted molar refractivity (Wildman–Crippen MR) is 119 cm³/mol. The van der Waals surface area contributed by atoms with Crippen molar-refractivity contribution in [1.29, 1.82) is 0 Å². The molecule has 4 rings (SSSR count). The topological polar surface area (TPSA) is 73.3 Å². The molecule has 2 aromatic heterocycles. The summed E-state index contributed by atoms with van der Waals surface area (Å²) >= 11 is 1.32. The molecule has 0 radical (unpaired) electrons. The van der Waals surface area contributed by atoms with Crippen molar-refractivity contribution >= 4 is 39.0 Å². The minimum atomic E-state index is -0.330. The Hall–Kier alpha value is -3.45. The quantitative estimate of drug-likeness (QED) is 0.399. The van der Waals surface area contributed by atoms with E-state index in [0.29, 0.717) is 23.9 Å². The van der Waals surface area contributed by atoms with Gasteiger partial charge >= 0.3 is 5.97 Å². The number of aryl methyl sites for hydroxylation is 1. The van der Waals surface area contributed by atoms with Crippen molar-refractivity contribution < 1.29 is 14.3 Å². The predicted octanol–water partition coefficient (Wildman–Crippen LogP) is 5.50. The molecular weight excluding hydrogens is 398 g/mol. The molecule has 7 heteroatoms. The van der Waals surface area contributed by atoms with Gasteiger partial charge in [-0.1, -0.05) is 30.3 Å². The number of nitrogens with zero attached hydrogens (tertiary/aromatic N) is 2. The van der Waals surface area contributed by atoms with Crippen LogP contribution in [0.2, 0.25) is 0 Å². The molecule has 0 amide bonds. The lowest BCUT2D eigenvalue weighted by molar-refractivity contribution is 0.0531. The minimum absolute atomic E-state index is 0.330. The maximum Gasteiger partial charge on any atom is 0.348 e. The Balaban J connectivity index is 1.52. The van der Waals surface area contributed by atoms with Crippen LogP contribution in [-0.4, -0.2) is 22.5 Å². The molecule has 0 fully saturated rings. The SMILES string of the molecule is CCOC(=O)c1sc2ncnc(Nc3ccc(OCc4ccccc4)cc3)c2c1C. The summed E-state index contributed by atoms with van der Waals surface area (Å²) in [6.07, 6.45) is 1.49. The van der Waals surface area contributed by atoms with E-state index in [1.54, 1.807) is 6.92 Å². The summed E-state index contributed by atoms with van der Waals surface area (Å²) in [4.78, 5) is 22.2. The molecule has 1 N–H and O–H groups in total. The first-order valence-electron chi connectivity index (χ1n) is 9.60. The number of carbonyl (C=O) groups excluding carboxylic acids is 1. The van der Waals surface area contributed by atoms with Gasteiger partial charge in [0.2, 0.25) is 0 Å². The fraction of sp³-hybridized carbons (Fsp3) is 0.174. The number of thiophene rings is 1. The van der Waals surface area contributed by atoms with Crippen LogP contribution in [0.1, 0.15) is 27.7 Å². The first-order chi connectivity index (χ1) is 14.7. The van der Waals surface area contributed by atoms with Crippen LogP contribution in [0.15, 0.2) is 60.9 Å². The molecule has 0 atom stereocenters. The van der Waals surface area contributed by atoms with Crippen molar-refractivity contribution in [3.05, 3.63) is 76.9 Å². The van der Waals surface area contributed by atoms with E-state index >= 15 is 0 Å². The van der Waals surface area contributed by atoms with Gasteiger partial charge in [-0.3, -0.25) is 0 Å². The van der Waals surface area contributed by atoms with Crippen molar-refractivity contribution in [2.45, 2.75) is 20.5 Å². The highest BCUT2D eigenvalue weighted by molar-refractivity contribution is 7.20. The molecule has 0 aliphatic heterocycles. The molecule has 0 spiro atoms. The van der Waals surface area contributed by atoms with Crippen LogP contribution in [0.25, 0.3) is 10.2 Å². The van der Waals surface area contributed by atoms with E-state index in [-0.39, 0.29) is 5.97 Å². The molecule has 30 heavy (non-hydrogen) atoms. The minimum Gasteiger partial charge on any atom is -0.489 e. The molecule has 4 aromatic rings. The molecule has 152 valence electrons. The van der Waals surface area contributed by atoms with Gasteiger partial charge in [0.1, 0.15) is 34.2 Å². The van der Waals surface area contributed by atoms with Crippen molar-refractivity contribution in [1.82, 2.24) is 9.97 Å². The molecule has 0 unspecified atom stereocenters. The fourth-order valence-corrected chi connectivity index (χ4v) is 4.11. The van der Waals surface area contributed by atoms with Gasteiger partial charge in [-0.2, -0.15) is 0 Å². The van der Waals surface area contributed by atoms with Crippen LogP contribution in [0, 0.1) is 6.92 Å². The molecule has 0 aliphatic rings. The van der Waals surface area contributed by atoms with Gasteiger partial charge in [-0.05, 0) is 49.2 Å². The summed E-state index contributed by atoms with van der Waals surface area (Å²) in [5.74, 6) is 1.11. The van der Waals surface area contributed by atoms with Crippen molar-refractivity contribution in [3.8, 4) is 5.75 Å². The summed E-state index contributed by atoms with van der Waals surface area (Å²) in [5.41, 5.74) is 2.80. The lowest BCUT2D eigenvalue weighted by atomic mass is 10.2. The first-order valence-corrected chi connectivity index (χ1v) is 10.4. The van der Waals surface area contributed by atoms with E-state index in [9.17, 15) is 4.79 Å². The van der Waals surface area contributed by atoms with E-state index in [0.717, 1.165) is 32.8 Å². The first kappa shape index (κ1) is 19.8. The lowest BCUT2D eigenvalue weighted by Crippen LogP contribution is -2.03. The zero-order valence-electron chi connectivity index (χ0n) is 16.7. The largest absolute Gasteiger partial charge is 0.489 e. The zero-order valence-corrected chi connectivity index (χ0v) is 17.5. The van der Waals surface area contributed by atoms with E-state index in [4.69, 9.17) is 9.47 Å². The Morgan fingerprint density at radius 3 is 2.57 bits per heavy atom. The fourth-order valence-electron chi connectivity index (χ4n) is 3.07. The third-order valence-electron chi connectivity index (χ3n) is 4.55. The van der Waals surface area contributed by atoms with Gasteiger partial charge in [0.15, 0.2) is 0 Å². The van der Waals surface area contributed by atoms with Crippen LogP contribution in [-0.2, 0) is 11.3 Å². The molecule has 0 aliphatic carbocycles. The van der Waals surface area contributed by atoms with E-state index < -0.39 is 0 Å². The van der Waals surface area contributed by atoms with Crippen molar-refractivity contribution in [3.63, 3.8) is 0 Å². The summed E-state index contributed by atoms with van der Waals surface area (Å²) in [7, 11) is 0. The number of rotatable bonds is 7. The van der Waals surface area contributed by atoms with Gasteiger partial charge in [-0.25, -0.2) is 14.8 Å².